The number of rotatable bonds is 2. The number of alkyl halides is 1. The van der Waals surface area contributed by atoms with E-state index >= 15 is 0 Å². The van der Waals surface area contributed by atoms with Gasteiger partial charge in [-0.15, -0.1) is 11.6 Å². The predicted octanol–water partition coefficient (Wildman–Crippen LogP) is 3.64. The molecule has 2 unspecified atom stereocenters. The number of benzene rings is 1. The second-order valence-corrected chi connectivity index (χ2v) is 4.46. The Hall–Kier alpha value is -0.490. The third-order valence-electron chi connectivity index (χ3n) is 2.91. The Morgan fingerprint density at radius 1 is 1.15 bits per heavy atom. The van der Waals surface area contributed by atoms with Gasteiger partial charge in [0, 0.05) is 5.38 Å². The summed E-state index contributed by atoms with van der Waals surface area (Å²) < 4.78 is 0. The van der Waals surface area contributed by atoms with Crippen molar-refractivity contribution in [3.63, 3.8) is 0 Å². The first-order chi connectivity index (χ1) is 6.36. The molecule has 0 heterocycles. The van der Waals surface area contributed by atoms with Crippen molar-refractivity contribution >= 4 is 11.6 Å². The van der Waals surface area contributed by atoms with E-state index in [-0.39, 0.29) is 0 Å². The minimum absolute atomic E-state index is 0.417. The average molecular weight is 195 g/mol. The quantitative estimate of drug-likeness (QED) is 0.631. The highest BCUT2D eigenvalue weighted by Gasteiger charge is 2.24. The molecule has 0 N–H and O–H groups in total. The van der Waals surface area contributed by atoms with Gasteiger partial charge in [-0.25, -0.2) is 0 Å². The molecular formula is C12H15Cl. The Morgan fingerprint density at radius 2 is 1.92 bits per heavy atom. The van der Waals surface area contributed by atoms with Crippen LogP contribution in [0.2, 0.25) is 0 Å². The van der Waals surface area contributed by atoms with Crippen LogP contribution in [0.5, 0.6) is 0 Å². The predicted molar refractivity (Wildman–Crippen MR) is 57.1 cm³/mol. The van der Waals surface area contributed by atoms with Crippen molar-refractivity contribution in [3.05, 3.63) is 35.9 Å². The lowest BCUT2D eigenvalue weighted by Gasteiger charge is -2.12. The average Bonchev–Trinajstić information content (AvgIpc) is 2.54. The summed E-state index contributed by atoms with van der Waals surface area (Å²) in [6, 6.07) is 10.7. The third-order valence-corrected chi connectivity index (χ3v) is 3.48. The lowest BCUT2D eigenvalue weighted by atomic mass is 9.98. The van der Waals surface area contributed by atoms with Crippen molar-refractivity contribution in [2.75, 3.05) is 0 Å². The van der Waals surface area contributed by atoms with Crippen LogP contribution in [-0.4, -0.2) is 5.38 Å². The maximum Gasteiger partial charge on any atom is 0.0367 e. The molecule has 1 saturated carbocycles. The zero-order valence-corrected chi connectivity index (χ0v) is 8.50. The Bertz CT molecular complexity index is 255. The molecule has 0 aromatic heterocycles. The Labute approximate surface area is 84.9 Å². The molecule has 0 bridgehead atoms. The van der Waals surface area contributed by atoms with Crippen LogP contribution >= 0.6 is 11.6 Å². The largest absolute Gasteiger partial charge is 0.123 e. The maximum atomic E-state index is 6.23. The van der Waals surface area contributed by atoms with Gasteiger partial charge in [-0.1, -0.05) is 36.8 Å². The topological polar surface area (TPSA) is 0 Å². The SMILES string of the molecule is ClC1CCCC1Cc1ccccc1. The first-order valence-corrected chi connectivity index (χ1v) is 5.48. The van der Waals surface area contributed by atoms with Gasteiger partial charge in [0.15, 0.2) is 0 Å². The van der Waals surface area contributed by atoms with Crippen LogP contribution in [0, 0.1) is 5.92 Å². The zero-order chi connectivity index (χ0) is 9.10. The second kappa shape index (κ2) is 4.15. The van der Waals surface area contributed by atoms with Crippen molar-refractivity contribution < 1.29 is 0 Å². The van der Waals surface area contributed by atoms with Gasteiger partial charge in [-0.05, 0) is 30.7 Å². The summed E-state index contributed by atoms with van der Waals surface area (Å²) >= 11 is 6.23. The van der Waals surface area contributed by atoms with Crippen LogP contribution in [0.15, 0.2) is 30.3 Å². The van der Waals surface area contributed by atoms with Crippen molar-refractivity contribution in [3.8, 4) is 0 Å². The van der Waals surface area contributed by atoms with Crippen molar-refractivity contribution in [1.29, 1.82) is 0 Å². The summed E-state index contributed by atoms with van der Waals surface area (Å²) in [6.45, 7) is 0. The summed E-state index contributed by atoms with van der Waals surface area (Å²) in [5.74, 6) is 0.712. The van der Waals surface area contributed by atoms with E-state index in [4.69, 9.17) is 11.6 Å². The Balaban J connectivity index is 1.98. The van der Waals surface area contributed by atoms with Gasteiger partial charge < -0.3 is 0 Å². The van der Waals surface area contributed by atoms with Gasteiger partial charge in [0.05, 0.1) is 0 Å². The van der Waals surface area contributed by atoms with Crippen LogP contribution in [0.1, 0.15) is 24.8 Å². The summed E-state index contributed by atoms with van der Waals surface area (Å²) in [5.41, 5.74) is 1.43. The lowest BCUT2D eigenvalue weighted by molar-refractivity contribution is 0.553. The molecule has 0 nitrogen and oxygen atoms in total. The molecule has 1 aliphatic rings. The molecule has 1 fully saturated rings. The van der Waals surface area contributed by atoms with Gasteiger partial charge in [0.25, 0.3) is 0 Å². The van der Waals surface area contributed by atoms with E-state index in [9.17, 15) is 0 Å². The maximum absolute atomic E-state index is 6.23. The first-order valence-electron chi connectivity index (χ1n) is 5.04. The molecule has 13 heavy (non-hydrogen) atoms. The smallest absolute Gasteiger partial charge is 0.0367 e. The molecule has 1 aromatic rings. The standard InChI is InChI=1S/C12H15Cl/c13-12-8-4-7-11(12)9-10-5-2-1-3-6-10/h1-3,5-6,11-12H,4,7-9H2. The van der Waals surface area contributed by atoms with E-state index in [0.717, 1.165) is 6.42 Å². The molecule has 0 radical (unpaired) electrons. The minimum Gasteiger partial charge on any atom is -0.123 e. The van der Waals surface area contributed by atoms with Crippen molar-refractivity contribution in [2.24, 2.45) is 5.92 Å². The summed E-state index contributed by atoms with van der Waals surface area (Å²) in [4.78, 5) is 0. The fourth-order valence-electron chi connectivity index (χ4n) is 2.14. The fourth-order valence-corrected chi connectivity index (χ4v) is 2.51. The van der Waals surface area contributed by atoms with E-state index in [0.29, 0.717) is 11.3 Å². The Kier molecular flexibility index (Phi) is 2.90. The normalized spacial score (nSPS) is 27.8. The highest BCUT2D eigenvalue weighted by atomic mass is 35.5. The molecular weight excluding hydrogens is 180 g/mol. The fraction of sp³-hybridized carbons (Fsp3) is 0.500. The van der Waals surface area contributed by atoms with E-state index < -0.39 is 0 Å². The molecule has 70 valence electrons. The molecule has 1 aliphatic carbocycles. The summed E-state index contributed by atoms with van der Waals surface area (Å²) in [6.07, 6.45) is 4.99. The van der Waals surface area contributed by atoms with E-state index in [1.807, 2.05) is 0 Å². The molecule has 2 atom stereocenters. The highest BCUT2D eigenvalue weighted by Crippen LogP contribution is 2.32. The monoisotopic (exact) mass is 194 g/mol. The molecule has 2 rings (SSSR count). The van der Waals surface area contributed by atoms with Crippen LogP contribution in [0.3, 0.4) is 0 Å². The minimum atomic E-state index is 0.417. The molecule has 0 spiro atoms. The van der Waals surface area contributed by atoms with Crippen LogP contribution in [0.4, 0.5) is 0 Å². The van der Waals surface area contributed by atoms with Gasteiger partial charge >= 0.3 is 0 Å². The van der Waals surface area contributed by atoms with Crippen molar-refractivity contribution in [2.45, 2.75) is 31.1 Å². The summed E-state index contributed by atoms with van der Waals surface area (Å²) in [5, 5.41) is 0.417. The van der Waals surface area contributed by atoms with E-state index in [1.54, 1.807) is 0 Å². The molecule has 1 heteroatoms. The third kappa shape index (κ3) is 2.25. The second-order valence-electron chi connectivity index (χ2n) is 3.90. The van der Waals surface area contributed by atoms with Crippen molar-refractivity contribution in [1.82, 2.24) is 0 Å². The number of hydrogen-bond donors (Lipinski definition) is 0. The van der Waals surface area contributed by atoms with E-state index in [2.05, 4.69) is 30.3 Å². The summed E-state index contributed by atoms with van der Waals surface area (Å²) in [7, 11) is 0. The van der Waals surface area contributed by atoms with E-state index in [1.165, 1.54) is 24.8 Å². The number of hydrogen-bond acceptors (Lipinski definition) is 0. The highest BCUT2D eigenvalue weighted by molar-refractivity contribution is 6.20. The molecule has 1 aromatic carbocycles. The molecule has 0 amide bonds. The lowest BCUT2D eigenvalue weighted by Crippen LogP contribution is -2.09. The Morgan fingerprint density at radius 3 is 2.54 bits per heavy atom. The first kappa shape index (κ1) is 9.08. The zero-order valence-electron chi connectivity index (χ0n) is 7.75. The van der Waals surface area contributed by atoms with Gasteiger partial charge in [-0.2, -0.15) is 0 Å². The van der Waals surface area contributed by atoms with Crippen LogP contribution in [0.25, 0.3) is 0 Å². The van der Waals surface area contributed by atoms with Crippen LogP contribution < -0.4 is 0 Å². The molecule has 0 aliphatic heterocycles. The van der Waals surface area contributed by atoms with Gasteiger partial charge in [0.2, 0.25) is 0 Å². The number of halogens is 1. The van der Waals surface area contributed by atoms with Crippen LogP contribution in [-0.2, 0) is 6.42 Å². The molecule has 0 saturated heterocycles. The van der Waals surface area contributed by atoms with Gasteiger partial charge in [-0.3, -0.25) is 0 Å². The van der Waals surface area contributed by atoms with Gasteiger partial charge in [0.1, 0.15) is 0 Å².